The highest BCUT2D eigenvalue weighted by Crippen LogP contribution is 2.49. The van der Waals surface area contributed by atoms with E-state index in [1.807, 2.05) is 80.6 Å². The molecule has 2 aliphatic rings. The van der Waals surface area contributed by atoms with Gasteiger partial charge in [-0.2, -0.15) is 0 Å². The van der Waals surface area contributed by atoms with Gasteiger partial charge >= 0.3 is 6.03 Å². The molecule has 32 heavy (non-hydrogen) atoms. The van der Waals surface area contributed by atoms with E-state index in [9.17, 15) is 9.59 Å². The van der Waals surface area contributed by atoms with E-state index in [1.165, 1.54) is 4.90 Å². The molecule has 0 radical (unpaired) electrons. The third kappa shape index (κ3) is 3.08. The molecule has 1 fully saturated rings. The van der Waals surface area contributed by atoms with Gasteiger partial charge in [-0.25, -0.2) is 4.79 Å². The summed E-state index contributed by atoms with van der Waals surface area (Å²) < 4.78 is 6.43. The van der Waals surface area contributed by atoms with E-state index >= 15 is 0 Å². The molecule has 5 nitrogen and oxygen atoms in total. The number of para-hydroxylation sites is 1. The number of hydrogen-bond acceptors (Lipinski definition) is 3. The maximum atomic E-state index is 14.0. The second kappa shape index (κ2) is 7.52. The maximum Gasteiger partial charge on any atom is 0.335 e. The molecule has 2 heterocycles. The first-order valence-electron chi connectivity index (χ1n) is 11.0. The number of hydrogen-bond donors (Lipinski definition) is 0. The Bertz CT molecular complexity index is 1220. The van der Waals surface area contributed by atoms with Crippen LogP contribution in [0, 0.1) is 6.92 Å². The number of anilines is 1. The largest absolute Gasteiger partial charge is 0.467 e. The number of fused-ring (bicyclic) bond motifs is 4. The number of carbonyl (C=O) groups is 2. The minimum Gasteiger partial charge on any atom is -0.467 e. The minimum atomic E-state index is -0.898. The van der Waals surface area contributed by atoms with E-state index in [0.29, 0.717) is 17.7 Å². The molecule has 0 N–H and O–H groups in total. The van der Waals surface area contributed by atoms with Crippen molar-refractivity contribution in [2.24, 2.45) is 0 Å². The van der Waals surface area contributed by atoms with Crippen LogP contribution in [0.25, 0.3) is 0 Å². The minimum absolute atomic E-state index is 0.284. The Morgan fingerprint density at radius 2 is 1.81 bits per heavy atom. The summed E-state index contributed by atoms with van der Waals surface area (Å²) in [7, 11) is 0. The van der Waals surface area contributed by atoms with E-state index in [2.05, 4.69) is 6.92 Å². The molecule has 3 amide bonds. The SMILES string of the molecule is CCc1cccc(N2C(=O)N(C(=O)c3ccccc3C)[C@H]3C[C@@]2(C)Oc2ccccc23)c1. The number of nitrogens with zero attached hydrogens (tertiary/aromatic N) is 2. The molecule has 3 aromatic rings. The zero-order chi connectivity index (χ0) is 22.5. The lowest BCUT2D eigenvalue weighted by Crippen LogP contribution is -2.67. The normalized spacial score (nSPS) is 21.7. The Hall–Kier alpha value is -3.60. The number of amides is 3. The molecular formula is C27H26N2O3. The summed E-state index contributed by atoms with van der Waals surface area (Å²) in [6.45, 7) is 5.91. The summed E-state index contributed by atoms with van der Waals surface area (Å²) in [5.74, 6) is 0.423. The standard InChI is InChI=1S/C27H26N2O3/c1-4-19-11-9-12-20(16-19)29-26(31)28(25(30)21-13-6-5-10-18(21)2)23-17-27(29,3)32-24-15-8-7-14-22(23)24/h5-16,23H,4,17H2,1-3H3/t23-,27+/m0/s1. The highest BCUT2D eigenvalue weighted by atomic mass is 16.5. The summed E-state index contributed by atoms with van der Waals surface area (Å²) in [4.78, 5) is 30.9. The highest BCUT2D eigenvalue weighted by molar-refractivity contribution is 6.11. The van der Waals surface area contributed by atoms with Crippen molar-refractivity contribution in [1.82, 2.24) is 4.90 Å². The van der Waals surface area contributed by atoms with Crippen LogP contribution >= 0.6 is 0 Å². The smallest absolute Gasteiger partial charge is 0.335 e. The molecule has 2 bridgehead atoms. The predicted molar refractivity (Wildman–Crippen MR) is 124 cm³/mol. The van der Waals surface area contributed by atoms with Gasteiger partial charge in [-0.3, -0.25) is 14.6 Å². The van der Waals surface area contributed by atoms with Gasteiger partial charge in [0.15, 0.2) is 5.72 Å². The first kappa shape index (κ1) is 20.3. The summed E-state index contributed by atoms with van der Waals surface area (Å²) in [5, 5.41) is 0. The average Bonchev–Trinajstić information content (AvgIpc) is 2.79. The summed E-state index contributed by atoms with van der Waals surface area (Å²) in [5.41, 5.74) is 3.20. The van der Waals surface area contributed by atoms with Crippen LogP contribution < -0.4 is 9.64 Å². The van der Waals surface area contributed by atoms with Crippen LogP contribution in [0.15, 0.2) is 72.8 Å². The lowest BCUT2D eigenvalue weighted by molar-refractivity contribution is 0.00266. The van der Waals surface area contributed by atoms with Crippen molar-refractivity contribution >= 4 is 17.6 Å². The van der Waals surface area contributed by atoms with Crippen molar-refractivity contribution < 1.29 is 14.3 Å². The summed E-state index contributed by atoms with van der Waals surface area (Å²) in [6.07, 6.45) is 1.34. The van der Waals surface area contributed by atoms with E-state index in [-0.39, 0.29) is 11.9 Å². The van der Waals surface area contributed by atoms with E-state index in [4.69, 9.17) is 4.74 Å². The predicted octanol–water partition coefficient (Wildman–Crippen LogP) is 5.88. The van der Waals surface area contributed by atoms with Crippen LogP contribution in [-0.4, -0.2) is 22.6 Å². The van der Waals surface area contributed by atoms with E-state index in [1.54, 1.807) is 11.0 Å². The van der Waals surface area contributed by atoms with Crippen molar-refractivity contribution in [3.63, 3.8) is 0 Å². The van der Waals surface area contributed by atoms with Gasteiger partial charge in [0.05, 0.1) is 6.04 Å². The van der Waals surface area contributed by atoms with Gasteiger partial charge in [0.1, 0.15) is 5.75 Å². The van der Waals surface area contributed by atoms with Gasteiger partial charge in [0, 0.05) is 23.2 Å². The highest BCUT2D eigenvalue weighted by Gasteiger charge is 2.55. The third-order valence-corrected chi connectivity index (χ3v) is 6.53. The molecule has 0 aliphatic carbocycles. The first-order chi connectivity index (χ1) is 15.4. The second-order valence-corrected chi connectivity index (χ2v) is 8.67. The number of aryl methyl sites for hydroxylation is 2. The van der Waals surface area contributed by atoms with Gasteiger partial charge in [0.2, 0.25) is 0 Å². The number of urea groups is 1. The lowest BCUT2D eigenvalue weighted by Gasteiger charge is -2.53. The Balaban J connectivity index is 1.69. The Morgan fingerprint density at radius 3 is 2.59 bits per heavy atom. The van der Waals surface area contributed by atoms with Crippen molar-refractivity contribution in [2.45, 2.75) is 45.4 Å². The summed E-state index contributed by atoms with van der Waals surface area (Å²) >= 11 is 0. The van der Waals surface area contributed by atoms with Crippen LogP contribution in [-0.2, 0) is 6.42 Å². The lowest BCUT2D eigenvalue weighted by atomic mass is 9.88. The van der Waals surface area contributed by atoms with Gasteiger partial charge in [0.25, 0.3) is 5.91 Å². The first-order valence-corrected chi connectivity index (χ1v) is 11.0. The van der Waals surface area contributed by atoms with Crippen LogP contribution in [0.2, 0.25) is 0 Å². The molecular weight excluding hydrogens is 400 g/mol. The Kier molecular flexibility index (Phi) is 4.77. The Labute approximate surface area is 188 Å². The third-order valence-electron chi connectivity index (χ3n) is 6.53. The van der Waals surface area contributed by atoms with Crippen LogP contribution in [0.3, 0.4) is 0 Å². The quantitative estimate of drug-likeness (QED) is 0.525. The average molecular weight is 427 g/mol. The molecule has 0 spiro atoms. The monoisotopic (exact) mass is 426 g/mol. The summed E-state index contributed by atoms with van der Waals surface area (Å²) in [6, 6.07) is 22.2. The molecule has 1 saturated heterocycles. The number of benzene rings is 3. The van der Waals surface area contributed by atoms with Crippen molar-refractivity contribution in [3.05, 3.63) is 95.1 Å². The molecule has 3 aromatic carbocycles. The molecule has 0 aromatic heterocycles. The number of ether oxygens (including phenoxy) is 1. The Morgan fingerprint density at radius 1 is 1.06 bits per heavy atom. The van der Waals surface area contributed by atoms with Crippen LogP contribution in [0.1, 0.15) is 53.4 Å². The molecule has 5 heteroatoms. The fourth-order valence-corrected chi connectivity index (χ4v) is 4.88. The number of rotatable bonds is 3. The topological polar surface area (TPSA) is 49.9 Å². The van der Waals surface area contributed by atoms with E-state index in [0.717, 1.165) is 28.8 Å². The molecule has 2 atom stereocenters. The van der Waals surface area contributed by atoms with Crippen LogP contribution in [0.5, 0.6) is 5.75 Å². The fraction of sp³-hybridized carbons (Fsp3) is 0.259. The molecule has 162 valence electrons. The molecule has 0 unspecified atom stereocenters. The second-order valence-electron chi connectivity index (χ2n) is 8.67. The maximum absolute atomic E-state index is 14.0. The number of carbonyl (C=O) groups excluding carboxylic acids is 2. The molecule has 0 saturated carbocycles. The molecule has 2 aliphatic heterocycles. The number of imide groups is 1. The van der Waals surface area contributed by atoms with Gasteiger partial charge in [-0.15, -0.1) is 0 Å². The van der Waals surface area contributed by atoms with E-state index < -0.39 is 11.8 Å². The van der Waals surface area contributed by atoms with Gasteiger partial charge in [-0.1, -0.05) is 55.5 Å². The van der Waals surface area contributed by atoms with Gasteiger partial charge in [-0.05, 0) is 55.7 Å². The molecule has 5 rings (SSSR count). The van der Waals surface area contributed by atoms with Gasteiger partial charge < -0.3 is 4.74 Å². The van der Waals surface area contributed by atoms with Crippen molar-refractivity contribution in [2.75, 3.05) is 4.90 Å². The van der Waals surface area contributed by atoms with Crippen molar-refractivity contribution in [3.8, 4) is 5.75 Å². The van der Waals surface area contributed by atoms with Crippen LogP contribution in [0.4, 0.5) is 10.5 Å². The fourth-order valence-electron chi connectivity index (χ4n) is 4.88. The van der Waals surface area contributed by atoms with Crippen molar-refractivity contribution in [1.29, 1.82) is 0 Å². The zero-order valence-electron chi connectivity index (χ0n) is 18.5. The zero-order valence-corrected chi connectivity index (χ0v) is 18.5.